The minimum atomic E-state index is -1.02. The monoisotopic (exact) mass is 400 g/mol. The van der Waals surface area contributed by atoms with Gasteiger partial charge in [-0.2, -0.15) is 0 Å². The Hall–Kier alpha value is -2.70. The summed E-state index contributed by atoms with van der Waals surface area (Å²) in [7, 11) is 0. The number of hydrogen-bond acceptors (Lipinski definition) is 5. The Kier molecular flexibility index (Phi) is 6.05. The lowest BCUT2D eigenvalue weighted by molar-refractivity contribution is -0.159. The molecule has 7 heteroatoms. The van der Waals surface area contributed by atoms with Crippen LogP contribution in [0.25, 0.3) is 0 Å². The molecular formula is C22H28N2O5. The minimum Gasteiger partial charge on any atom is -0.458 e. The van der Waals surface area contributed by atoms with Crippen LogP contribution >= 0.6 is 0 Å². The third-order valence-corrected chi connectivity index (χ3v) is 5.31. The molecular weight excluding hydrogens is 372 g/mol. The van der Waals surface area contributed by atoms with Gasteiger partial charge >= 0.3 is 5.97 Å². The number of esters is 1. The largest absolute Gasteiger partial charge is 0.458 e. The van der Waals surface area contributed by atoms with Crippen LogP contribution in [0.5, 0.6) is 0 Å². The van der Waals surface area contributed by atoms with Crippen molar-refractivity contribution < 1.29 is 23.9 Å². The van der Waals surface area contributed by atoms with Crippen LogP contribution in [-0.4, -0.2) is 40.7 Å². The van der Waals surface area contributed by atoms with E-state index in [4.69, 9.17) is 4.74 Å². The molecule has 3 rings (SSSR count). The highest BCUT2D eigenvalue weighted by Crippen LogP contribution is 2.37. The molecule has 0 unspecified atom stereocenters. The van der Waals surface area contributed by atoms with E-state index >= 15 is 0 Å². The maximum absolute atomic E-state index is 12.7. The average molecular weight is 400 g/mol. The Morgan fingerprint density at radius 1 is 1.07 bits per heavy atom. The zero-order valence-corrected chi connectivity index (χ0v) is 17.1. The normalized spacial score (nSPS) is 22.8. The van der Waals surface area contributed by atoms with Crippen molar-refractivity contribution in [1.29, 1.82) is 0 Å². The molecule has 0 spiro atoms. The van der Waals surface area contributed by atoms with Crippen molar-refractivity contribution in [3.8, 4) is 0 Å². The minimum absolute atomic E-state index is 0.275. The number of carbonyl (C=O) groups excluding carboxylic acids is 4. The zero-order valence-electron chi connectivity index (χ0n) is 17.1. The standard InChI is InChI=1S/C22H28N2O5/c1-22(2,3)29-21(28)18(14-9-5-4-6-10-14)23-17(25)13-24-19(26)15-11-7-8-12-16(15)20(24)27/h4-6,9-10,15-16,18H,7-8,11-13H2,1-3H3,(H,23,25)/t15-,16+,18-/m0/s1. The first kappa shape index (κ1) is 21.0. The Morgan fingerprint density at radius 2 is 1.62 bits per heavy atom. The summed E-state index contributed by atoms with van der Waals surface area (Å²) in [5.41, 5.74) is -0.145. The number of hydrogen-bond donors (Lipinski definition) is 1. The molecule has 1 saturated heterocycles. The van der Waals surface area contributed by atoms with Gasteiger partial charge in [0.15, 0.2) is 6.04 Å². The van der Waals surface area contributed by atoms with Crippen LogP contribution in [0.3, 0.4) is 0 Å². The molecule has 0 radical (unpaired) electrons. The van der Waals surface area contributed by atoms with Gasteiger partial charge < -0.3 is 10.1 Å². The van der Waals surface area contributed by atoms with Crippen LogP contribution < -0.4 is 5.32 Å². The van der Waals surface area contributed by atoms with Gasteiger partial charge in [0.05, 0.1) is 11.8 Å². The summed E-state index contributed by atoms with van der Waals surface area (Å²) in [6.07, 6.45) is 3.24. The van der Waals surface area contributed by atoms with E-state index < -0.39 is 23.5 Å². The van der Waals surface area contributed by atoms with E-state index in [2.05, 4.69) is 5.32 Å². The zero-order chi connectivity index (χ0) is 21.2. The second-order valence-corrected chi connectivity index (χ2v) is 8.70. The van der Waals surface area contributed by atoms with E-state index in [9.17, 15) is 19.2 Å². The van der Waals surface area contributed by atoms with Crippen molar-refractivity contribution in [2.24, 2.45) is 11.8 Å². The molecule has 1 aromatic rings. The third-order valence-electron chi connectivity index (χ3n) is 5.31. The molecule has 1 heterocycles. The van der Waals surface area contributed by atoms with Gasteiger partial charge in [-0.05, 0) is 39.2 Å². The molecule has 1 aliphatic heterocycles. The third kappa shape index (κ3) is 4.83. The molecule has 7 nitrogen and oxygen atoms in total. The first-order valence-corrected chi connectivity index (χ1v) is 10.1. The van der Waals surface area contributed by atoms with Gasteiger partial charge in [0, 0.05) is 0 Å². The number of nitrogens with one attached hydrogen (secondary N) is 1. The second kappa shape index (κ2) is 8.35. The number of fused-ring (bicyclic) bond motifs is 1. The summed E-state index contributed by atoms with van der Waals surface area (Å²) in [4.78, 5) is 51.6. The molecule has 3 atom stereocenters. The van der Waals surface area contributed by atoms with E-state index in [1.807, 2.05) is 0 Å². The Labute approximate surface area is 170 Å². The number of rotatable bonds is 5. The molecule has 1 saturated carbocycles. The summed E-state index contributed by atoms with van der Waals surface area (Å²) in [6.45, 7) is 4.87. The maximum atomic E-state index is 12.7. The van der Waals surface area contributed by atoms with Crippen LogP contribution in [0, 0.1) is 11.8 Å². The fourth-order valence-electron chi connectivity index (χ4n) is 4.02. The van der Waals surface area contributed by atoms with Crippen molar-refractivity contribution in [2.45, 2.75) is 58.1 Å². The first-order valence-electron chi connectivity index (χ1n) is 10.1. The molecule has 2 fully saturated rings. The number of ether oxygens (including phenoxy) is 1. The predicted octanol–water partition coefficient (Wildman–Crippen LogP) is 2.36. The Balaban J connectivity index is 1.72. The molecule has 1 aromatic carbocycles. The topological polar surface area (TPSA) is 92.8 Å². The smallest absolute Gasteiger partial charge is 0.333 e. The van der Waals surface area contributed by atoms with Crippen LogP contribution in [0.2, 0.25) is 0 Å². The summed E-state index contributed by atoms with van der Waals surface area (Å²) >= 11 is 0. The number of benzene rings is 1. The highest BCUT2D eigenvalue weighted by atomic mass is 16.6. The van der Waals surface area contributed by atoms with Crippen molar-refractivity contribution in [2.75, 3.05) is 6.54 Å². The molecule has 3 amide bonds. The molecule has 2 aliphatic rings. The Bertz CT molecular complexity index is 775. The van der Waals surface area contributed by atoms with Crippen molar-refractivity contribution in [1.82, 2.24) is 10.2 Å². The molecule has 0 aromatic heterocycles. The molecule has 156 valence electrons. The maximum Gasteiger partial charge on any atom is 0.333 e. The van der Waals surface area contributed by atoms with Gasteiger partial charge in [0.1, 0.15) is 12.1 Å². The number of nitrogens with zero attached hydrogens (tertiary/aromatic N) is 1. The molecule has 0 bridgehead atoms. The highest BCUT2D eigenvalue weighted by molar-refractivity contribution is 6.07. The quantitative estimate of drug-likeness (QED) is 0.605. The van der Waals surface area contributed by atoms with E-state index in [1.54, 1.807) is 51.1 Å². The summed E-state index contributed by atoms with van der Waals surface area (Å²) in [5, 5.41) is 2.65. The SMILES string of the molecule is CC(C)(C)OC(=O)[C@@H](NC(=O)CN1C(=O)[C@H]2CCCC[C@H]2C1=O)c1ccccc1. The second-order valence-electron chi connectivity index (χ2n) is 8.70. The predicted molar refractivity (Wildman–Crippen MR) is 105 cm³/mol. The van der Waals surface area contributed by atoms with Crippen molar-refractivity contribution in [3.63, 3.8) is 0 Å². The number of amides is 3. The fourth-order valence-corrected chi connectivity index (χ4v) is 4.02. The molecule has 1 aliphatic carbocycles. The van der Waals surface area contributed by atoms with Crippen molar-refractivity contribution >= 4 is 23.7 Å². The van der Waals surface area contributed by atoms with Gasteiger partial charge in [-0.3, -0.25) is 19.3 Å². The lowest BCUT2D eigenvalue weighted by Crippen LogP contribution is -2.44. The molecule has 29 heavy (non-hydrogen) atoms. The van der Waals surface area contributed by atoms with Gasteiger partial charge in [-0.15, -0.1) is 0 Å². The van der Waals surface area contributed by atoms with E-state index in [1.165, 1.54) is 0 Å². The molecule has 1 N–H and O–H groups in total. The van der Waals surface area contributed by atoms with Crippen LogP contribution in [0.1, 0.15) is 58.1 Å². The lowest BCUT2D eigenvalue weighted by atomic mass is 9.81. The van der Waals surface area contributed by atoms with Crippen LogP contribution in [0.15, 0.2) is 30.3 Å². The number of carbonyl (C=O) groups is 4. The van der Waals surface area contributed by atoms with Crippen molar-refractivity contribution in [3.05, 3.63) is 35.9 Å². The summed E-state index contributed by atoms with van der Waals surface area (Å²) in [5.74, 6) is -2.32. The van der Waals surface area contributed by atoms with Gasteiger partial charge in [0.25, 0.3) is 0 Å². The van der Waals surface area contributed by atoms with E-state index in [-0.39, 0.29) is 30.2 Å². The Morgan fingerprint density at radius 3 is 2.14 bits per heavy atom. The van der Waals surface area contributed by atoms with Gasteiger partial charge in [-0.1, -0.05) is 43.2 Å². The lowest BCUT2D eigenvalue weighted by Gasteiger charge is -2.25. The first-order chi connectivity index (χ1) is 13.7. The van der Waals surface area contributed by atoms with E-state index in [0.29, 0.717) is 18.4 Å². The van der Waals surface area contributed by atoms with Crippen LogP contribution in [-0.2, 0) is 23.9 Å². The van der Waals surface area contributed by atoms with E-state index in [0.717, 1.165) is 17.7 Å². The summed E-state index contributed by atoms with van der Waals surface area (Å²) in [6, 6.07) is 7.75. The van der Waals surface area contributed by atoms with Gasteiger partial charge in [-0.25, -0.2) is 4.79 Å². The number of imide groups is 1. The fraction of sp³-hybridized carbons (Fsp3) is 0.545. The van der Waals surface area contributed by atoms with Crippen LogP contribution in [0.4, 0.5) is 0 Å². The summed E-state index contributed by atoms with van der Waals surface area (Å²) < 4.78 is 5.44. The van der Waals surface area contributed by atoms with Gasteiger partial charge in [0.2, 0.25) is 17.7 Å². The number of likely N-dealkylation sites (tertiary alicyclic amines) is 1. The average Bonchev–Trinajstić information content (AvgIpc) is 2.90. The highest BCUT2D eigenvalue weighted by Gasteiger charge is 2.48.